The van der Waals surface area contributed by atoms with Crippen molar-refractivity contribution in [2.75, 3.05) is 0 Å². The van der Waals surface area contributed by atoms with E-state index in [9.17, 15) is 0 Å². The highest BCUT2D eigenvalue weighted by Gasteiger charge is 1.97. The van der Waals surface area contributed by atoms with Crippen LogP contribution in [0.4, 0.5) is 0 Å². The van der Waals surface area contributed by atoms with Gasteiger partial charge in [-0.25, -0.2) is 9.97 Å². The van der Waals surface area contributed by atoms with Crippen LogP contribution in [0.15, 0.2) is 17.0 Å². The molecule has 0 radical (unpaired) electrons. The van der Waals surface area contributed by atoms with Crippen molar-refractivity contribution in [2.45, 2.75) is 6.92 Å². The lowest BCUT2D eigenvalue weighted by molar-refractivity contribution is 0.426. The Morgan fingerprint density at radius 3 is 3.30 bits per heavy atom. The molecule has 0 aliphatic heterocycles. The minimum absolute atomic E-state index is 0.618. The summed E-state index contributed by atoms with van der Waals surface area (Å²) < 4.78 is 4.67. The molecular weight excluding hydrogens is 130 g/mol. The van der Waals surface area contributed by atoms with E-state index in [1.807, 2.05) is 6.92 Å². The monoisotopic (exact) mass is 135 g/mol. The number of rotatable bonds is 0. The molecule has 50 valence electrons. The van der Waals surface area contributed by atoms with Crippen molar-refractivity contribution in [1.29, 1.82) is 0 Å². The summed E-state index contributed by atoms with van der Waals surface area (Å²) in [7, 11) is 0. The van der Waals surface area contributed by atoms with Crippen LogP contribution >= 0.6 is 0 Å². The van der Waals surface area contributed by atoms with Gasteiger partial charge in [0.2, 0.25) is 5.65 Å². The summed E-state index contributed by atoms with van der Waals surface area (Å²) in [5, 5.41) is 4.49. The van der Waals surface area contributed by atoms with E-state index in [4.69, 9.17) is 0 Å². The quantitative estimate of drug-likeness (QED) is 0.539. The Balaban J connectivity index is 2.86. The third kappa shape index (κ3) is 0.655. The highest BCUT2D eigenvalue weighted by molar-refractivity contribution is 5.71. The van der Waals surface area contributed by atoms with Crippen molar-refractivity contribution in [2.24, 2.45) is 0 Å². The molecule has 0 saturated carbocycles. The molecule has 0 aromatic carbocycles. The minimum atomic E-state index is 0.618. The zero-order chi connectivity index (χ0) is 6.97. The first kappa shape index (κ1) is 5.34. The van der Waals surface area contributed by atoms with E-state index in [1.54, 1.807) is 6.20 Å². The van der Waals surface area contributed by atoms with E-state index >= 15 is 0 Å². The van der Waals surface area contributed by atoms with Gasteiger partial charge in [-0.2, -0.15) is 0 Å². The van der Waals surface area contributed by atoms with Gasteiger partial charge in [-0.15, -0.1) is 0 Å². The zero-order valence-corrected chi connectivity index (χ0v) is 5.40. The van der Waals surface area contributed by atoms with Crippen LogP contribution in [0.3, 0.4) is 0 Å². The maximum atomic E-state index is 4.67. The number of nitrogens with zero attached hydrogens (tertiary/aromatic N) is 3. The first-order valence-corrected chi connectivity index (χ1v) is 2.90. The maximum absolute atomic E-state index is 4.67. The molecule has 2 aromatic rings. The molecule has 2 aromatic heterocycles. The molecule has 10 heavy (non-hydrogen) atoms. The lowest BCUT2D eigenvalue weighted by atomic mass is 10.4. The molecule has 0 N–H and O–H groups in total. The van der Waals surface area contributed by atoms with Crippen LogP contribution in [-0.4, -0.2) is 15.1 Å². The third-order valence-electron chi connectivity index (χ3n) is 1.24. The predicted octanol–water partition coefficient (Wildman–Crippen LogP) is 0.926. The van der Waals surface area contributed by atoms with Gasteiger partial charge < -0.3 is 4.52 Å². The molecular formula is C6H5N3O. The molecule has 2 rings (SSSR count). The summed E-state index contributed by atoms with van der Waals surface area (Å²) in [6.07, 6.45) is 3.21. The second kappa shape index (κ2) is 1.76. The smallest absolute Gasteiger partial charge is 0.205 e. The van der Waals surface area contributed by atoms with Gasteiger partial charge in [0.25, 0.3) is 0 Å². The molecule has 0 aliphatic carbocycles. The van der Waals surface area contributed by atoms with Crippen LogP contribution in [-0.2, 0) is 0 Å². The van der Waals surface area contributed by atoms with Crippen LogP contribution in [0.5, 0.6) is 0 Å². The van der Waals surface area contributed by atoms with Crippen molar-refractivity contribution in [3.05, 3.63) is 18.3 Å². The van der Waals surface area contributed by atoms with Gasteiger partial charge in [0.05, 0.1) is 5.39 Å². The Labute approximate surface area is 56.9 Å². The van der Waals surface area contributed by atoms with Gasteiger partial charge in [-0.3, -0.25) is 0 Å². The maximum Gasteiger partial charge on any atom is 0.205 e. The largest absolute Gasteiger partial charge is 0.362 e. The topological polar surface area (TPSA) is 51.8 Å². The van der Waals surface area contributed by atoms with Gasteiger partial charge in [0.15, 0.2) is 0 Å². The van der Waals surface area contributed by atoms with Gasteiger partial charge in [0, 0.05) is 6.20 Å². The molecule has 4 heteroatoms. The Morgan fingerprint density at radius 1 is 1.50 bits per heavy atom. The molecule has 0 unspecified atom stereocenters. The molecule has 0 fully saturated rings. The summed E-state index contributed by atoms with van der Waals surface area (Å²) in [5.41, 5.74) is 0.618. The summed E-state index contributed by atoms with van der Waals surface area (Å²) in [6.45, 7) is 1.81. The summed E-state index contributed by atoms with van der Waals surface area (Å²) in [5.74, 6) is 0.710. The minimum Gasteiger partial charge on any atom is -0.362 e. The van der Waals surface area contributed by atoms with Crippen molar-refractivity contribution < 1.29 is 4.52 Å². The lowest BCUT2D eigenvalue weighted by Gasteiger charge is -1.85. The summed E-state index contributed by atoms with van der Waals surface area (Å²) in [4.78, 5) is 7.99. The summed E-state index contributed by atoms with van der Waals surface area (Å²) in [6, 6.07) is 0. The van der Waals surface area contributed by atoms with Crippen LogP contribution in [0, 0.1) is 6.92 Å². The second-order valence-electron chi connectivity index (χ2n) is 2.01. The standard InChI is InChI=1S/C6H5N3O/c1-4-7-2-5-3-10-9-6(5)8-4/h2-3H,1H3. The fourth-order valence-electron chi connectivity index (χ4n) is 0.757. The fraction of sp³-hybridized carbons (Fsp3) is 0.167. The van der Waals surface area contributed by atoms with E-state index in [-0.39, 0.29) is 0 Å². The van der Waals surface area contributed by atoms with E-state index < -0.39 is 0 Å². The number of aryl methyl sites for hydroxylation is 1. The van der Waals surface area contributed by atoms with Gasteiger partial charge in [-0.05, 0) is 6.92 Å². The fourth-order valence-corrected chi connectivity index (χ4v) is 0.757. The highest BCUT2D eigenvalue weighted by atomic mass is 16.5. The SMILES string of the molecule is Cc1ncc2conc2n1. The normalized spacial score (nSPS) is 10.5. The van der Waals surface area contributed by atoms with E-state index in [0.717, 1.165) is 5.39 Å². The first-order chi connectivity index (χ1) is 4.86. The lowest BCUT2D eigenvalue weighted by Crippen LogP contribution is -1.85. The molecule has 0 saturated heterocycles. The zero-order valence-electron chi connectivity index (χ0n) is 5.40. The van der Waals surface area contributed by atoms with Crippen LogP contribution in [0.2, 0.25) is 0 Å². The van der Waals surface area contributed by atoms with Crippen molar-refractivity contribution in [1.82, 2.24) is 15.1 Å². The summed E-state index contributed by atoms with van der Waals surface area (Å²) >= 11 is 0. The van der Waals surface area contributed by atoms with Gasteiger partial charge >= 0.3 is 0 Å². The third-order valence-corrected chi connectivity index (χ3v) is 1.24. The van der Waals surface area contributed by atoms with Crippen molar-refractivity contribution >= 4 is 11.0 Å². The first-order valence-electron chi connectivity index (χ1n) is 2.90. The van der Waals surface area contributed by atoms with E-state index in [2.05, 4.69) is 19.6 Å². The number of hydrogen-bond acceptors (Lipinski definition) is 4. The molecule has 0 amide bonds. The average molecular weight is 135 g/mol. The molecule has 2 heterocycles. The van der Waals surface area contributed by atoms with Gasteiger partial charge in [0.1, 0.15) is 12.1 Å². The Morgan fingerprint density at radius 2 is 2.40 bits per heavy atom. The average Bonchev–Trinajstić information content (AvgIpc) is 2.33. The second-order valence-corrected chi connectivity index (χ2v) is 2.01. The van der Waals surface area contributed by atoms with Crippen molar-refractivity contribution in [3.8, 4) is 0 Å². The number of fused-ring (bicyclic) bond motifs is 1. The number of aromatic nitrogens is 3. The Kier molecular flexibility index (Phi) is 0.943. The highest BCUT2D eigenvalue weighted by Crippen LogP contribution is 2.06. The predicted molar refractivity (Wildman–Crippen MR) is 34.3 cm³/mol. The van der Waals surface area contributed by atoms with E-state index in [0.29, 0.717) is 11.5 Å². The number of hydrogen-bond donors (Lipinski definition) is 0. The van der Waals surface area contributed by atoms with Crippen molar-refractivity contribution in [3.63, 3.8) is 0 Å². The van der Waals surface area contributed by atoms with Crippen LogP contribution in [0.25, 0.3) is 11.0 Å². The Bertz CT molecular complexity index is 355. The molecule has 0 spiro atoms. The Hall–Kier alpha value is -1.45. The van der Waals surface area contributed by atoms with E-state index in [1.165, 1.54) is 6.26 Å². The van der Waals surface area contributed by atoms with Crippen LogP contribution in [0.1, 0.15) is 5.82 Å². The van der Waals surface area contributed by atoms with Gasteiger partial charge in [-0.1, -0.05) is 5.16 Å². The molecule has 0 aliphatic rings. The molecule has 4 nitrogen and oxygen atoms in total. The van der Waals surface area contributed by atoms with Crippen LogP contribution < -0.4 is 0 Å². The molecule has 0 atom stereocenters. The molecule has 0 bridgehead atoms.